The summed E-state index contributed by atoms with van der Waals surface area (Å²) in [6, 6.07) is 0.943. The van der Waals surface area contributed by atoms with Crippen LogP contribution >= 0.6 is 11.3 Å². The van der Waals surface area contributed by atoms with Gasteiger partial charge in [-0.25, -0.2) is 4.98 Å². The SMILES string of the molecule is O=C(NC1CC1)[C@H]1CCCN(C2CCN(C(=O)c3cscn3)CC2)C1. The average Bonchev–Trinajstić information content (AvgIpc) is 3.30. The van der Waals surface area contributed by atoms with Crippen LogP contribution in [0.25, 0.3) is 0 Å². The first-order chi connectivity index (χ1) is 12.2. The molecule has 0 aromatic carbocycles. The minimum Gasteiger partial charge on any atom is -0.353 e. The first-order valence-electron chi connectivity index (χ1n) is 9.42. The molecule has 0 spiro atoms. The van der Waals surface area contributed by atoms with Crippen LogP contribution in [0.3, 0.4) is 0 Å². The fourth-order valence-electron chi connectivity index (χ4n) is 4.01. The summed E-state index contributed by atoms with van der Waals surface area (Å²) in [5.74, 6) is 0.451. The lowest BCUT2D eigenvalue weighted by molar-refractivity contribution is -0.127. The molecule has 2 aliphatic heterocycles. The van der Waals surface area contributed by atoms with Gasteiger partial charge in [-0.15, -0.1) is 11.3 Å². The van der Waals surface area contributed by atoms with Crippen molar-refractivity contribution in [2.45, 2.75) is 50.6 Å². The van der Waals surface area contributed by atoms with Gasteiger partial charge in [-0.3, -0.25) is 14.5 Å². The van der Waals surface area contributed by atoms with Gasteiger partial charge in [-0.1, -0.05) is 0 Å². The Morgan fingerprint density at radius 1 is 1.12 bits per heavy atom. The molecule has 0 bridgehead atoms. The van der Waals surface area contributed by atoms with Crippen LogP contribution in [-0.2, 0) is 4.79 Å². The van der Waals surface area contributed by atoms with E-state index in [1.165, 1.54) is 11.3 Å². The van der Waals surface area contributed by atoms with Crippen molar-refractivity contribution >= 4 is 23.2 Å². The number of carbonyl (C=O) groups is 2. The van der Waals surface area contributed by atoms with Crippen molar-refractivity contribution in [1.29, 1.82) is 0 Å². The van der Waals surface area contributed by atoms with Gasteiger partial charge in [0, 0.05) is 37.1 Å². The molecule has 1 saturated carbocycles. The second-order valence-electron chi connectivity index (χ2n) is 7.51. The van der Waals surface area contributed by atoms with E-state index < -0.39 is 0 Å². The van der Waals surface area contributed by atoms with Crippen LogP contribution in [0.1, 0.15) is 49.0 Å². The van der Waals surface area contributed by atoms with Crippen molar-refractivity contribution in [3.8, 4) is 0 Å². The largest absolute Gasteiger partial charge is 0.353 e. The molecule has 2 saturated heterocycles. The van der Waals surface area contributed by atoms with Crippen LogP contribution in [0.4, 0.5) is 0 Å². The lowest BCUT2D eigenvalue weighted by Gasteiger charge is -2.42. The summed E-state index contributed by atoms with van der Waals surface area (Å²) < 4.78 is 0. The van der Waals surface area contributed by atoms with E-state index in [0.717, 1.165) is 64.7 Å². The molecule has 1 N–H and O–H groups in total. The van der Waals surface area contributed by atoms with Gasteiger partial charge in [0.1, 0.15) is 5.69 Å². The minimum absolute atomic E-state index is 0.0556. The van der Waals surface area contributed by atoms with Crippen molar-refractivity contribution < 1.29 is 9.59 Å². The van der Waals surface area contributed by atoms with Gasteiger partial charge in [0.2, 0.25) is 5.91 Å². The fourth-order valence-corrected chi connectivity index (χ4v) is 4.54. The maximum atomic E-state index is 12.4. The molecule has 6 nitrogen and oxygen atoms in total. The lowest BCUT2D eigenvalue weighted by atomic mass is 9.93. The van der Waals surface area contributed by atoms with Crippen molar-refractivity contribution in [2.24, 2.45) is 5.92 Å². The number of rotatable bonds is 4. The number of hydrogen-bond acceptors (Lipinski definition) is 5. The van der Waals surface area contributed by atoms with E-state index in [1.54, 1.807) is 5.51 Å². The van der Waals surface area contributed by atoms with E-state index in [-0.39, 0.29) is 17.7 Å². The van der Waals surface area contributed by atoms with Gasteiger partial charge < -0.3 is 10.2 Å². The van der Waals surface area contributed by atoms with Gasteiger partial charge in [-0.05, 0) is 45.1 Å². The Kier molecular flexibility index (Phi) is 5.03. The first-order valence-corrected chi connectivity index (χ1v) is 10.4. The monoisotopic (exact) mass is 362 g/mol. The molecule has 136 valence electrons. The predicted molar refractivity (Wildman–Crippen MR) is 96.5 cm³/mol. The Hall–Kier alpha value is -1.47. The average molecular weight is 362 g/mol. The van der Waals surface area contributed by atoms with Gasteiger partial charge >= 0.3 is 0 Å². The molecule has 4 rings (SSSR count). The highest BCUT2D eigenvalue weighted by molar-refractivity contribution is 7.07. The van der Waals surface area contributed by atoms with Crippen molar-refractivity contribution in [2.75, 3.05) is 26.2 Å². The maximum absolute atomic E-state index is 12.4. The zero-order valence-corrected chi connectivity index (χ0v) is 15.3. The molecule has 3 fully saturated rings. The Morgan fingerprint density at radius 2 is 1.92 bits per heavy atom. The van der Waals surface area contributed by atoms with Crippen LogP contribution in [0.15, 0.2) is 10.9 Å². The molecule has 1 atom stereocenters. The quantitative estimate of drug-likeness (QED) is 0.886. The lowest BCUT2D eigenvalue weighted by Crippen LogP contribution is -2.51. The smallest absolute Gasteiger partial charge is 0.273 e. The van der Waals surface area contributed by atoms with Crippen LogP contribution in [0.5, 0.6) is 0 Å². The predicted octanol–water partition coefficient (Wildman–Crippen LogP) is 1.74. The molecule has 7 heteroatoms. The molecule has 0 radical (unpaired) electrons. The normalized spacial score (nSPS) is 25.8. The molecule has 0 unspecified atom stereocenters. The van der Waals surface area contributed by atoms with Crippen LogP contribution in [0.2, 0.25) is 0 Å². The van der Waals surface area contributed by atoms with Crippen LogP contribution in [-0.4, -0.2) is 64.9 Å². The third-order valence-electron chi connectivity index (χ3n) is 5.67. The highest BCUT2D eigenvalue weighted by atomic mass is 32.1. The Balaban J connectivity index is 1.28. The molecule has 2 amide bonds. The first kappa shape index (κ1) is 17.0. The highest BCUT2D eigenvalue weighted by Gasteiger charge is 2.34. The van der Waals surface area contributed by atoms with Crippen molar-refractivity contribution in [1.82, 2.24) is 20.1 Å². The number of nitrogens with zero attached hydrogens (tertiary/aromatic N) is 3. The summed E-state index contributed by atoms with van der Waals surface area (Å²) in [5, 5.41) is 4.98. The second-order valence-corrected chi connectivity index (χ2v) is 8.23. The summed E-state index contributed by atoms with van der Waals surface area (Å²) in [7, 11) is 0. The Labute approximate surface area is 152 Å². The zero-order chi connectivity index (χ0) is 17.2. The standard InChI is InChI=1S/C18H26N4O2S/c23-17(20-14-3-4-14)13-2-1-7-22(10-13)15-5-8-21(9-6-15)18(24)16-11-25-12-19-16/h11-15H,1-10H2,(H,20,23)/t13-/m0/s1. The molecular weight excluding hydrogens is 336 g/mol. The number of thiazole rings is 1. The van der Waals surface area contributed by atoms with Crippen molar-refractivity contribution in [3.63, 3.8) is 0 Å². The topological polar surface area (TPSA) is 65.5 Å². The number of hydrogen-bond donors (Lipinski definition) is 1. The van der Waals surface area contributed by atoms with Crippen molar-refractivity contribution in [3.05, 3.63) is 16.6 Å². The molecule has 1 aromatic rings. The molecular formula is C18H26N4O2S. The number of aromatic nitrogens is 1. The third kappa shape index (κ3) is 4.03. The molecule has 25 heavy (non-hydrogen) atoms. The molecule has 3 heterocycles. The van der Waals surface area contributed by atoms with E-state index in [2.05, 4.69) is 15.2 Å². The number of amides is 2. The van der Waals surface area contributed by atoms with Crippen LogP contribution in [0, 0.1) is 5.92 Å². The molecule has 1 aromatic heterocycles. The third-order valence-corrected chi connectivity index (χ3v) is 6.25. The van der Waals surface area contributed by atoms with E-state index >= 15 is 0 Å². The van der Waals surface area contributed by atoms with E-state index in [0.29, 0.717) is 17.8 Å². The van der Waals surface area contributed by atoms with Gasteiger partial charge in [0.05, 0.1) is 11.4 Å². The fraction of sp³-hybridized carbons (Fsp3) is 0.722. The summed E-state index contributed by atoms with van der Waals surface area (Å²) in [5.41, 5.74) is 2.28. The summed E-state index contributed by atoms with van der Waals surface area (Å²) in [6.07, 6.45) is 6.39. The number of nitrogens with one attached hydrogen (secondary N) is 1. The van der Waals surface area contributed by atoms with E-state index in [1.807, 2.05) is 10.3 Å². The molecule has 3 aliphatic rings. The maximum Gasteiger partial charge on any atom is 0.273 e. The van der Waals surface area contributed by atoms with E-state index in [9.17, 15) is 9.59 Å². The highest BCUT2D eigenvalue weighted by Crippen LogP contribution is 2.26. The van der Waals surface area contributed by atoms with Gasteiger partial charge in [-0.2, -0.15) is 0 Å². The summed E-state index contributed by atoms with van der Waals surface area (Å²) in [4.78, 5) is 33.3. The molecule has 1 aliphatic carbocycles. The van der Waals surface area contributed by atoms with E-state index in [4.69, 9.17) is 0 Å². The Morgan fingerprint density at radius 3 is 2.60 bits per heavy atom. The zero-order valence-electron chi connectivity index (χ0n) is 14.5. The number of piperidine rings is 2. The Bertz CT molecular complexity index is 609. The van der Waals surface area contributed by atoms with Gasteiger partial charge in [0.15, 0.2) is 0 Å². The summed E-state index contributed by atoms with van der Waals surface area (Å²) in [6.45, 7) is 3.54. The number of likely N-dealkylation sites (tertiary alicyclic amines) is 2. The minimum atomic E-state index is 0.0556. The van der Waals surface area contributed by atoms with Crippen LogP contribution < -0.4 is 5.32 Å². The second kappa shape index (κ2) is 7.41. The summed E-state index contributed by atoms with van der Waals surface area (Å²) >= 11 is 1.46. The van der Waals surface area contributed by atoms with Gasteiger partial charge in [0.25, 0.3) is 5.91 Å². The number of carbonyl (C=O) groups excluding carboxylic acids is 2.